The standard InChI is InChI=1S/C6H9O3/c1-5(2-7)8-3-6-4-9-6/h5-6H,3-4H2,1H3. The number of hydrogen-bond acceptors (Lipinski definition) is 3. The second kappa shape index (κ2) is 2.94. The molecule has 1 fully saturated rings. The van der Waals surface area contributed by atoms with Crippen LogP contribution in [0.3, 0.4) is 0 Å². The fourth-order valence-corrected chi connectivity index (χ4v) is 0.450. The van der Waals surface area contributed by atoms with Gasteiger partial charge in [0.05, 0.1) is 13.2 Å². The molecule has 2 unspecified atom stereocenters. The van der Waals surface area contributed by atoms with Crippen molar-refractivity contribution in [3.05, 3.63) is 0 Å². The second-order valence-corrected chi connectivity index (χ2v) is 2.05. The van der Waals surface area contributed by atoms with Gasteiger partial charge in [-0.3, -0.25) is 4.79 Å². The van der Waals surface area contributed by atoms with Crippen LogP contribution in [0.2, 0.25) is 0 Å². The quantitative estimate of drug-likeness (QED) is 0.497. The Morgan fingerprint density at radius 2 is 2.67 bits per heavy atom. The van der Waals surface area contributed by atoms with E-state index in [0.29, 0.717) is 6.61 Å². The van der Waals surface area contributed by atoms with Crippen molar-refractivity contribution in [1.29, 1.82) is 0 Å². The summed E-state index contributed by atoms with van der Waals surface area (Å²) in [5.74, 6) is 0. The summed E-state index contributed by atoms with van der Waals surface area (Å²) in [5, 5.41) is 0. The summed E-state index contributed by atoms with van der Waals surface area (Å²) in [4.78, 5) is 9.85. The van der Waals surface area contributed by atoms with Gasteiger partial charge >= 0.3 is 0 Å². The fourth-order valence-electron chi connectivity index (χ4n) is 0.450. The smallest absolute Gasteiger partial charge is 0.229 e. The van der Waals surface area contributed by atoms with E-state index in [-0.39, 0.29) is 6.10 Å². The molecule has 1 saturated heterocycles. The van der Waals surface area contributed by atoms with Crippen molar-refractivity contribution in [2.75, 3.05) is 13.2 Å². The van der Waals surface area contributed by atoms with Gasteiger partial charge in [0, 0.05) is 0 Å². The summed E-state index contributed by atoms with van der Waals surface area (Å²) >= 11 is 0. The lowest BCUT2D eigenvalue weighted by Crippen LogP contribution is -2.13. The first kappa shape index (κ1) is 6.71. The molecule has 0 aliphatic carbocycles. The molecule has 1 radical (unpaired) electrons. The molecular weight excluding hydrogens is 120 g/mol. The molecular formula is C6H9O3. The third kappa shape index (κ3) is 2.58. The molecule has 0 aromatic heterocycles. The summed E-state index contributed by atoms with van der Waals surface area (Å²) in [6.07, 6.45) is 1.55. The van der Waals surface area contributed by atoms with E-state index in [9.17, 15) is 4.79 Å². The Morgan fingerprint density at radius 3 is 3.11 bits per heavy atom. The molecule has 0 aromatic rings. The maximum absolute atomic E-state index is 9.85. The van der Waals surface area contributed by atoms with Gasteiger partial charge in [-0.2, -0.15) is 0 Å². The van der Waals surface area contributed by atoms with Gasteiger partial charge in [0.2, 0.25) is 6.29 Å². The molecule has 1 aliphatic rings. The molecule has 0 N–H and O–H groups in total. The average molecular weight is 129 g/mol. The van der Waals surface area contributed by atoms with Crippen LogP contribution in [0.15, 0.2) is 0 Å². The zero-order chi connectivity index (χ0) is 6.69. The van der Waals surface area contributed by atoms with Gasteiger partial charge in [-0.05, 0) is 6.92 Å². The number of rotatable bonds is 4. The fraction of sp³-hybridized carbons (Fsp3) is 0.833. The maximum Gasteiger partial charge on any atom is 0.229 e. The van der Waals surface area contributed by atoms with E-state index in [0.717, 1.165) is 6.61 Å². The van der Waals surface area contributed by atoms with Crippen LogP contribution in [-0.2, 0) is 14.3 Å². The zero-order valence-corrected chi connectivity index (χ0v) is 5.29. The Bertz CT molecular complexity index is 98.5. The first-order chi connectivity index (χ1) is 4.33. The summed E-state index contributed by atoms with van der Waals surface area (Å²) in [5.41, 5.74) is 0. The third-order valence-electron chi connectivity index (χ3n) is 1.10. The van der Waals surface area contributed by atoms with E-state index in [2.05, 4.69) is 0 Å². The molecule has 0 bridgehead atoms. The Balaban J connectivity index is 1.95. The second-order valence-electron chi connectivity index (χ2n) is 2.05. The zero-order valence-electron chi connectivity index (χ0n) is 5.29. The largest absolute Gasteiger partial charge is 0.371 e. The molecule has 0 saturated carbocycles. The first-order valence-corrected chi connectivity index (χ1v) is 2.94. The Kier molecular flexibility index (Phi) is 2.19. The summed E-state index contributed by atoms with van der Waals surface area (Å²) in [6, 6.07) is 0. The number of ether oxygens (including phenoxy) is 2. The van der Waals surface area contributed by atoms with Crippen LogP contribution in [0.25, 0.3) is 0 Å². The van der Waals surface area contributed by atoms with Crippen molar-refractivity contribution in [1.82, 2.24) is 0 Å². The minimum Gasteiger partial charge on any atom is -0.371 e. The minimum atomic E-state index is -0.408. The van der Waals surface area contributed by atoms with Crippen LogP contribution >= 0.6 is 0 Å². The van der Waals surface area contributed by atoms with Gasteiger partial charge in [0.15, 0.2) is 0 Å². The normalized spacial score (nSPS) is 27.4. The van der Waals surface area contributed by atoms with Crippen molar-refractivity contribution >= 4 is 6.29 Å². The van der Waals surface area contributed by atoms with Gasteiger partial charge < -0.3 is 9.47 Å². The maximum atomic E-state index is 9.85. The molecule has 3 heteroatoms. The number of hydrogen-bond donors (Lipinski definition) is 0. The van der Waals surface area contributed by atoms with Crippen molar-refractivity contribution < 1.29 is 14.3 Å². The molecule has 0 amide bonds. The van der Waals surface area contributed by atoms with Crippen LogP contribution in [0, 0.1) is 0 Å². The van der Waals surface area contributed by atoms with E-state index in [1.807, 2.05) is 0 Å². The van der Waals surface area contributed by atoms with Crippen LogP contribution in [0.1, 0.15) is 6.92 Å². The summed E-state index contributed by atoms with van der Waals surface area (Å²) < 4.78 is 9.82. The van der Waals surface area contributed by atoms with Crippen LogP contribution in [0.4, 0.5) is 0 Å². The molecule has 3 nitrogen and oxygen atoms in total. The van der Waals surface area contributed by atoms with E-state index in [1.165, 1.54) is 0 Å². The molecule has 1 heterocycles. The third-order valence-corrected chi connectivity index (χ3v) is 1.10. The summed E-state index contributed by atoms with van der Waals surface area (Å²) in [7, 11) is 0. The van der Waals surface area contributed by atoms with Gasteiger partial charge in [-0.1, -0.05) is 0 Å². The van der Waals surface area contributed by atoms with E-state index < -0.39 is 6.10 Å². The summed E-state index contributed by atoms with van der Waals surface area (Å²) in [6.45, 7) is 2.96. The molecule has 0 spiro atoms. The number of carbonyl (C=O) groups excluding carboxylic acids is 1. The predicted octanol–water partition coefficient (Wildman–Crippen LogP) is -0.100. The Labute approximate surface area is 53.9 Å². The molecule has 1 rings (SSSR count). The first-order valence-electron chi connectivity index (χ1n) is 2.94. The minimum absolute atomic E-state index is 0.237. The van der Waals surface area contributed by atoms with Crippen molar-refractivity contribution in [3.8, 4) is 0 Å². The highest BCUT2D eigenvalue weighted by molar-refractivity contribution is 5.56. The average Bonchev–Trinajstić information content (AvgIpc) is 2.65. The van der Waals surface area contributed by atoms with Crippen molar-refractivity contribution in [2.24, 2.45) is 0 Å². The van der Waals surface area contributed by atoms with Crippen molar-refractivity contribution in [3.63, 3.8) is 0 Å². The lowest BCUT2D eigenvalue weighted by Gasteiger charge is -2.00. The van der Waals surface area contributed by atoms with E-state index in [4.69, 9.17) is 9.47 Å². The van der Waals surface area contributed by atoms with Crippen LogP contribution in [0.5, 0.6) is 0 Å². The molecule has 51 valence electrons. The van der Waals surface area contributed by atoms with Crippen LogP contribution < -0.4 is 0 Å². The van der Waals surface area contributed by atoms with Gasteiger partial charge in [-0.25, -0.2) is 0 Å². The molecule has 1 aliphatic heterocycles. The highest BCUT2D eigenvalue weighted by Gasteiger charge is 2.23. The predicted molar refractivity (Wildman–Crippen MR) is 30.8 cm³/mol. The molecule has 9 heavy (non-hydrogen) atoms. The van der Waals surface area contributed by atoms with Gasteiger partial charge in [0.25, 0.3) is 0 Å². The highest BCUT2D eigenvalue weighted by atomic mass is 16.6. The molecule has 2 atom stereocenters. The lowest BCUT2D eigenvalue weighted by atomic mass is 10.4. The molecule has 0 aromatic carbocycles. The topological polar surface area (TPSA) is 38.8 Å². The number of epoxide rings is 1. The lowest BCUT2D eigenvalue weighted by molar-refractivity contribution is 0.0923. The van der Waals surface area contributed by atoms with Crippen molar-refractivity contribution in [2.45, 2.75) is 19.1 Å². The van der Waals surface area contributed by atoms with Crippen LogP contribution in [-0.4, -0.2) is 31.7 Å². The van der Waals surface area contributed by atoms with Gasteiger partial charge in [0.1, 0.15) is 12.2 Å². The highest BCUT2D eigenvalue weighted by Crippen LogP contribution is 2.08. The SMILES string of the molecule is CC([C]=O)OCC1CO1. The Hall–Kier alpha value is -0.410. The monoisotopic (exact) mass is 129 g/mol. The van der Waals surface area contributed by atoms with Gasteiger partial charge in [-0.15, -0.1) is 0 Å². The van der Waals surface area contributed by atoms with E-state index >= 15 is 0 Å². The Morgan fingerprint density at radius 1 is 2.00 bits per heavy atom. The van der Waals surface area contributed by atoms with E-state index in [1.54, 1.807) is 13.2 Å².